The summed E-state index contributed by atoms with van der Waals surface area (Å²) >= 11 is 0. The zero-order valence-electron chi connectivity index (χ0n) is 13.3. The van der Waals surface area contributed by atoms with Gasteiger partial charge in [0.2, 0.25) is 5.91 Å². The lowest BCUT2D eigenvalue weighted by Gasteiger charge is -2.16. The van der Waals surface area contributed by atoms with Gasteiger partial charge in [-0.05, 0) is 24.5 Å². The Labute approximate surface area is 134 Å². The van der Waals surface area contributed by atoms with E-state index in [0.717, 1.165) is 23.9 Å². The molecule has 122 valence electrons. The highest BCUT2D eigenvalue weighted by Gasteiger charge is 2.28. The summed E-state index contributed by atoms with van der Waals surface area (Å²) in [5.41, 5.74) is 6.77. The molecule has 0 spiro atoms. The SMILES string of the molecule is COc1cc2c(ccn2CCC2NC(=O)CC2C)cc1C(N)=O. The Morgan fingerprint density at radius 1 is 1.48 bits per heavy atom. The Kier molecular flexibility index (Phi) is 3.98. The Hall–Kier alpha value is -2.50. The van der Waals surface area contributed by atoms with Crippen molar-refractivity contribution in [3.8, 4) is 5.75 Å². The number of nitrogens with one attached hydrogen (secondary N) is 1. The van der Waals surface area contributed by atoms with E-state index in [2.05, 4.69) is 16.8 Å². The molecule has 0 bridgehead atoms. The van der Waals surface area contributed by atoms with Gasteiger partial charge in [0.05, 0.1) is 18.2 Å². The third-order valence-electron chi connectivity index (χ3n) is 4.58. The number of primary amides is 1. The van der Waals surface area contributed by atoms with Crippen LogP contribution in [0.4, 0.5) is 0 Å². The maximum atomic E-state index is 11.5. The van der Waals surface area contributed by atoms with Gasteiger partial charge in [0.25, 0.3) is 5.91 Å². The summed E-state index contributed by atoms with van der Waals surface area (Å²) in [6.07, 6.45) is 3.46. The van der Waals surface area contributed by atoms with E-state index >= 15 is 0 Å². The first-order valence-electron chi connectivity index (χ1n) is 7.75. The van der Waals surface area contributed by atoms with Gasteiger partial charge in [-0.2, -0.15) is 0 Å². The monoisotopic (exact) mass is 315 g/mol. The van der Waals surface area contributed by atoms with Gasteiger partial charge in [-0.15, -0.1) is 0 Å². The fraction of sp³-hybridized carbons (Fsp3) is 0.412. The van der Waals surface area contributed by atoms with Crippen molar-refractivity contribution in [2.75, 3.05) is 7.11 Å². The number of fused-ring (bicyclic) bond motifs is 1. The molecular weight excluding hydrogens is 294 g/mol. The zero-order chi connectivity index (χ0) is 16.6. The second-order valence-electron chi connectivity index (χ2n) is 6.13. The Bertz CT molecular complexity index is 766. The predicted octanol–water partition coefficient (Wildman–Crippen LogP) is 1.66. The standard InChI is InChI=1S/C17H21N3O3/c1-10-7-16(21)19-13(10)4-6-20-5-3-11-8-12(17(18)22)15(23-2)9-14(11)20/h3,5,8-10,13H,4,6-7H2,1-2H3,(H2,18,22)(H,19,21). The molecule has 2 atom stereocenters. The van der Waals surface area contributed by atoms with E-state index in [1.807, 2.05) is 18.3 Å². The Morgan fingerprint density at radius 3 is 2.87 bits per heavy atom. The third kappa shape index (κ3) is 2.88. The van der Waals surface area contributed by atoms with Crippen LogP contribution in [-0.2, 0) is 11.3 Å². The summed E-state index contributed by atoms with van der Waals surface area (Å²) in [7, 11) is 1.52. The fourth-order valence-corrected chi connectivity index (χ4v) is 3.25. The number of nitrogens with zero attached hydrogens (tertiary/aromatic N) is 1. The van der Waals surface area contributed by atoms with E-state index < -0.39 is 5.91 Å². The number of rotatable bonds is 5. The lowest BCUT2D eigenvalue weighted by Crippen LogP contribution is -2.29. The fourth-order valence-electron chi connectivity index (χ4n) is 3.25. The van der Waals surface area contributed by atoms with Crippen molar-refractivity contribution in [3.63, 3.8) is 0 Å². The third-order valence-corrected chi connectivity index (χ3v) is 4.58. The second kappa shape index (κ2) is 5.95. The van der Waals surface area contributed by atoms with Crippen molar-refractivity contribution in [3.05, 3.63) is 30.0 Å². The number of amides is 2. The highest BCUT2D eigenvalue weighted by atomic mass is 16.5. The first kappa shape index (κ1) is 15.4. The summed E-state index contributed by atoms with van der Waals surface area (Å²) < 4.78 is 7.39. The van der Waals surface area contributed by atoms with E-state index in [0.29, 0.717) is 23.7 Å². The topological polar surface area (TPSA) is 86.3 Å². The molecule has 2 amide bonds. The molecular formula is C17H21N3O3. The number of ether oxygens (including phenoxy) is 1. The van der Waals surface area contributed by atoms with Crippen molar-refractivity contribution in [2.24, 2.45) is 11.7 Å². The molecule has 2 aromatic rings. The second-order valence-corrected chi connectivity index (χ2v) is 6.13. The number of aromatic nitrogens is 1. The molecule has 1 aliphatic heterocycles. The number of carbonyl (C=O) groups excluding carboxylic acids is 2. The van der Waals surface area contributed by atoms with Crippen LogP contribution in [0.1, 0.15) is 30.1 Å². The molecule has 3 rings (SSSR count). The van der Waals surface area contributed by atoms with Gasteiger partial charge < -0.3 is 20.4 Å². The number of aryl methyl sites for hydroxylation is 1. The summed E-state index contributed by atoms with van der Waals surface area (Å²) in [5.74, 6) is 0.472. The van der Waals surface area contributed by atoms with Gasteiger partial charge in [-0.25, -0.2) is 0 Å². The average molecular weight is 315 g/mol. The largest absolute Gasteiger partial charge is 0.496 e. The van der Waals surface area contributed by atoms with Gasteiger partial charge in [0.15, 0.2) is 0 Å². The normalized spacial score (nSPS) is 20.7. The summed E-state index contributed by atoms with van der Waals surface area (Å²) in [5, 5.41) is 3.97. The Morgan fingerprint density at radius 2 is 2.26 bits per heavy atom. The minimum absolute atomic E-state index is 0.132. The van der Waals surface area contributed by atoms with Crippen LogP contribution in [-0.4, -0.2) is 29.5 Å². The lowest BCUT2D eigenvalue weighted by atomic mass is 10.0. The van der Waals surface area contributed by atoms with Crippen molar-refractivity contribution in [2.45, 2.75) is 32.4 Å². The number of hydrogen-bond donors (Lipinski definition) is 2. The molecule has 2 heterocycles. The van der Waals surface area contributed by atoms with Gasteiger partial charge >= 0.3 is 0 Å². The molecule has 1 aliphatic rings. The quantitative estimate of drug-likeness (QED) is 0.880. The van der Waals surface area contributed by atoms with Crippen molar-refractivity contribution in [1.82, 2.24) is 9.88 Å². The number of nitrogens with two attached hydrogens (primary N) is 1. The average Bonchev–Trinajstić information content (AvgIpc) is 3.05. The first-order valence-corrected chi connectivity index (χ1v) is 7.75. The molecule has 0 saturated carbocycles. The number of methoxy groups -OCH3 is 1. The first-order chi connectivity index (χ1) is 11.0. The highest BCUT2D eigenvalue weighted by molar-refractivity contribution is 6.00. The summed E-state index contributed by atoms with van der Waals surface area (Å²) in [4.78, 5) is 22.9. The summed E-state index contributed by atoms with van der Waals surface area (Å²) in [6.45, 7) is 2.89. The van der Waals surface area contributed by atoms with Crippen molar-refractivity contribution in [1.29, 1.82) is 0 Å². The number of hydrogen-bond acceptors (Lipinski definition) is 3. The smallest absolute Gasteiger partial charge is 0.252 e. The van der Waals surface area contributed by atoms with E-state index in [9.17, 15) is 9.59 Å². The molecule has 0 aliphatic carbocycles. The summed E-state index contributed by atoms with van der Waals surface area (Å²) in [6, 6.07) is 5.77. The predicted molar refractivity (Wildman–Crippen MR) is 87.3 cm³/mol. The number of carbonyl (C=O) groups is 2. The Balaban J connectivity index is 1.84. The van der Waals surface area contributed by atoms with Gasteiger partial charge in [0.1, 0.15) is 5.75 Å². The molecule has 1 saturated heterocycles. The van der Waals surface area contributed by atoms with Crippen LogP contribution in [0.2, 0.25) is 0 Å². The van der Waals surface area contributed by atoms with E-state index in [-0.39, 0.29) is 11.9 Å². The van der Waals surface area contributed by atoms with Crippen LogP contribution in [0.25, 0.3) is 10.9 Å². The number of benzene rings is 1. The molecule has 2 unspecified atom stereocenters. The van der Waals surface area contributed by atoms with Crippen LogP contribution < -0.4 is 15.8 Å². The van der Waals surface area contributed by atoms with Crippen LogP contribution in [0.5, 0.6) is 5.75 Å². The van der Waals surface area contributed by atoms with Crippen molar-refractivity contribution >= 4 is 22.7 Å². The lowest BCUT2D eigenvalue weighted by molar-refractivity contribution is -0.119. The molecule has 1 aromatic heterocycles. The van der Waals surface area contributed by atoms with E-state index in [1.54, 1.807) is 6.07 Å². The minimum atomic E-state index is -0.501. The van der Waals surface area contributed by atoms with Crippen LogP contribution in [0, 0.1) is 5.92 Å². The van der Waals surface area contributed by atoms with Crippen molar-refractivity contribution < 1.29 is 14.3 Å². The van der Waals surface area contributed by atoms with Gasteiger partial charge in [0, 0.05) is 36.7 Å². The van der Waals surface area contributed by atoms with Crippen LogP contribution in [0.3, 0.4) is 0 Å². The van der Waals surface area contributed by atoms with Crippen LogP contribution in [0.15, 0.2) is 24.4 Å². The van der Waals surface area contributed by atoms with Crippen LogP contribution >= 0.6 is 0 Å². The van der Waals surface area contributed by atoms with E-state index in [4.69, 9.17) is 10.5 Å². The molecule has 6 heteroatoms. The van der Waals surface area contributed by atoms with Gasteiger partial charge in [-0.1, -0.05) is 6.92 Å². The van der Waals surface area contributed by atoms with E-state index in [1.165, 1.54) is 7.11 Å². The molecule has 1 fully saturated rings. The van der Waals surface area contributed by atoms with Gasteiger partial charge in [-0.3, -0.25) is 9.59 Å². The molecule has 23 heavy (non-hydrogen) atoms. The minimum Gasteiger partial charge on any atom is -0.496 e. The molecule has 6 nitrogen and oxygen atoms in total. The molecule has 0 radical (unpaired) electrons. The zero-order valence-corrected chi connectivity index (χ0v) is 13.3. The molecule has 3 N–H and O–H groups in total. The maximum Gasteiger partial charge on any atom is 0.252 e. The molecule has 1 aromatic carbocycles. The highest BCUT2D eigenvalue weighted by Crippen LogP contribution is 2.27. The maximum absolute atomic E-state index is 11.5.